The van der Waals surface area contributed by atoms with Gasteiger partial charge in [0.25, 0.3) is 0 Å². The highest BCUT2D eigenvalue weighted by Gasteiger charge is 2.22. The highest BCUT2D eigenvalue weighted by Crippen LogP contribution is 2.22. The van der Waals surface area contributed by atoms with E-state index in [2.05, 4.69) is 33.2 Å². The van der Waals surface area contributed by atoms with Crippen molar-refractivity contribution in [3.8, 4) is 0 Å². The van der Waals surface area contributed by atoms with Crippen LogP contribution >= 0.6 is 0 Å². The van der Waals surface area contributed by atoms with Crippen molar-refractivity contribution in [2.24, 2.45) is 0 Å². The van der Waals surface area contributed by atoms with E-state index in [0.717, 1.165) is 45.1 Å². The SMILES string of the molecule is CCn1ccnc1CN1CCN([C@@H](C)c2ccc(F)cc2)CC1. The molecule has 2 aromatic rings. The zero-order valence-electron chi connectivity index (χ0n) is 14.0. The second kappa shape index (κ2) is 7.23. The van der Waals surface area contributed by atoms with Crippen LogP contribution in [-0.4, -0.2) is 45.5 Å². The standard InChI is InChI=1S/C18H25FN4/c1-3-22-9-8-20-18(22)14-21-10-12-23(13-11-21)15(2)16-4-6-17(19)7-5-16/h4-9,15H,3,10-14H2,1-2H3/t15-/m0/s1. The molecule has 0 radical (unpaired) electrons. The van der Waals surface area contributed by atoms with Gasteiger partial charge in [-0.25, -0.2) is 9.37 Å². The molecule has 124 valence electrons. The molecule has 23 heavy (non-hydrogen) atoms. The number of hydrogen-bond acceptors (Lipinski definition) is 3. The minimum absolute atomic E-state index is 0.169. The highest BCUT2D eigenvalue weighted by molar-refractivity contribution is 5.19. The molecule has 1 aromatic heterocycles. The van der Waals surface area contributed by atoms with Gasteiger partial charge in [-0.05, 0) is 31.5 Å². The molecule has 0 saturated carbocycles. The van der Waals surface area contributed by atoms with E-state index in [0.29, 0.717) is 6.04 Å². The zero-order chi connectivity index (χ0) is 16.2. The summed E-state index contributed by atoms with van der Waals surface area (Å²) in [6.07, 6.45) is 3.92. The van der Waals surface area contributed by atoms with Gasteiger partial charge in [-0.3, -0.25) is 9.80 Å². The molecule has 0 spiro atoms. The number of piperazine rings is 1. The number of benzene rings is 1. The monoisotopic (exact) mass is 316 g/mol. The first-order chi connectivity index (χ1) is 11.2. The lowest BCUT2D eigenvalue weighted by Crippen LogP contribution is -2.46. The second-order valence-electron chi connectivity index (χ2n) is 6.17. The first-order valence-electron chi connectivity index (χ1n) is 8.39. The molecule has 1 aromatic carbocycles. The summed E-state index contributed by atoms with van der Waals surface area (Å²) in [5.74, 6) is 0.977. The third-order valence-electron chi connectivity index (χ3n) is 4.81. The van der Waals surface area contributed by atoms with E-state index in [1.807, 2.05) is 24.5 Å². The number of halogens is 1. The maximum atomic E-state index is 13.1. The molecule has 1 atom stereocenters. The van der Waals surface area contributed by atoms with E-state index >= 15 is 0 Å². The lowest BCUT2D eigenvalue weighted by molar-refractivity contribution is 0.0954. The largest absolute Gasteiger partial charge is 0.334 e. The van der Waals surface area contributed by atoms with E-state index in [9.17, 15) is 4.39 Å². The summed E-state index contributed by atoms with van der Waals surface area (Å²) in [5, 5.41) is 0. The van der Waals surface area contributed by atoms with Crippen LogP contribution in [0.25, 0.3) is 0 Å². The van der Waals surface area contributed by atoms with Crippen molar-refractivity contribution in [2.45, 2.75) is 33.0 Å². The van der Waals surface area contributed by atoms with Crippen LogP contribution in [0.4, 0.5) is 4.39 Å². The van der Waals surface area contributed by atoms with E-state index in [4.69, 9.17) is 0 Å². The van der Waals surface area contributed by atoms with E-state index < -0.39 is 0 Å². The Kier molecular flexibility index (Phi) is 5.08. The van der Waals surface area contributed by atoms with Crippen LogP contribution in [-0.2, 0) is 13.1 Å². The molecular weight excluding hydrogens is 291 g/mol. The second-order valence-corrected chi connectivity index (χ2v) is 6.17. The van der Waals surface area contributed by atoms with Crippen molar-refractivity contribution in [3.05, 3.63) is 53.9 Å². The Bertz CT molecular complexity index is 614. The topological polar surface area (TPSA) is 24.3 Å². The van der Waals surface area contributed by atoms with Gasteiger partial charge in [0.05, 0.1) is 6.54 Å². The molecular formula is C18H25FN4. The van der Waals surface area contributed by atoms with Gasteiger partial charge >= 0.3 is 0 Å². The van der Waals surface area contributed by atoms with Gasteiger partial charge in [0, 0.05) is 51.2 Å². The van der Waals surface area contributed by atoms with Crippen molar-refractivity contribution in [1.82, 2.24) is 19.4 Å². The average Bonchev–Trinajstić information content (AvgIpc) is 3.03. The maximum Gasteiger partial charge on any atom is 0.123 e. The number of rotatable bonds is 5. The van der Waals surface area contributed by atoms with Gasteiger partial charge in [-0.2, -0.15) is 0 Å². The van der Waals surface area contributed by atoms with Crippen LogP contribution < -0.4 is 0 Å². The molecule has 1 aliphatic rings. The fraction of sp³-hybridized carbons (Fsp3) is 0.500. The lowest BCUT2D eigenvalue weighted by Gasteiger charge is -2.38. The van der Waals surface area contributed by atoms with Gasteiger partial charge < -0.3 is 4.57 Å². The number of aryl methyl sites for hydroxylation is 1. The van der Waals surface area contributed by atoms with E-state index in [1.54, 1.807) is 12.1 Å². The first kappa shape index (κ1) is 16.1. The highest BCUT2D eigenvalue weighted by atomic mass is 19.1. The quantitative estimate of drug-likeness (QED) is 0.848. The van der Waals surface area contributed by atoms with Crippen molar-refractivity contribution in [2.75, 3.05) is 26.2 Å². The smallest absolute Gasteiger partial charge is 0.123 e. The molecule has 0 aliphatic carbocycles. The van der Waals surface area contributed by atoms with Crippen molar-refractivity contribution < 1.29 is 4.39 Å². The summed E-state index contributed by atoms with van der Waals surface area (Å²) in [6, 6.07) is 7.21. The molecule has 1 aliphatic heterocycles. The Morgan fingerprint density at radius 3 is 2.48 bits per heavy atom. The molecule has 0 N–H and O–H groups in total. The Hall–Kier alpha value is -1.72. The van der Waals surface area contributed by atoms with Gasteiger partial charge in [0.2, 0.25) is 0 Å². The maximum absolute atomic E-state index is 13.1. The number of nitrogens with zero attached hydrogens (tertiary/aromatic N) is 4. The summed E-state index contributed by atoms with van der Waals surface area (Å²) in [7, 11) is 0. The van der Waals surface area contributed by atoms with Crippen molar-refractivity contribution >= 4 is 0 Å². The predicted octanol–water partition coefficient (Wildman–Crippen LogP) is 2.92. The molecule has 0 unspecified atom stereocenters. The van der Waals surface area contributed by atoms with Crippen molar-refractivity contribution in [1.29, 1.82) is 0 Å². The van der Waals surface area contributed by atoms with Gasteiger partial charge in [0.1, 0.15) is 11.6 Å². The molecule has 3 rings (SSSR count). The molecule has 5 heteroatoms. The van der Waals surface area contributed by atoms with Gasteiger partial charge in [0.15, 0.2) is 0 Å². The summed E-state index contributed by atoms with van der Waals surface area (Å²) >= 11 is 0. The summed E-state index contributed by atoms with van der Waals surface area (Å²) < 4.78 is 15.3. The molecule has 0 bridgehead atoms. The van der Waals surface area contributed by atoms with Crippen LogP contribution in [0.15, 0.2) is 36.7 Å². The predicted molar refractivity (Wildman–Crippen MR) is 89.6 cm³/mol. The lowest BCUT2D eigenvalue weighted by atomic mass is 10.1. The fourth-order valence-corrected chi connectivity index (χ4v) is 3.24. The van der Waals surface area contributed by atoms with Crippen LogP contribution in [0.5, 0.6) is 0 Å². The van der Waals surface area contributed by atoms with Crippen LogP contribution in [0.3, 0.4) is 0 Å². The number of imidazole rings is 1. The van der Waals surface area contributed by atoms with Crippen LogP contribution in [0.1, 0.15) is 31.3 Å². The number of aromatic nitrogens is 2. The zero-order valence-corrected chi connectivity index (χ0v) is 14.0. The average molecular weight is 316 g/mol. The van der Waals surface area contributed by atoms with Crippen LogP contribution in [0.2, 0.25) is 0 Å². The summed E-state index contributed by atoms with van der Waals surface area (Å²) in [6.45, 7) is 10.4. The summed E-state index contributed by atoms with van der Waals surface area (Å²) in [4.78, 5) is 9.39. The molecule has 4 nitrogen and oxygen atoms in total. The van der Waals surface area contributed by atoms with E-state index in [1.165, 1.54) is 5.56 Å². The fourth-order valence-electron chi connectivity index (χ4n) is 3.24. The summed E-state index contributed by atoms with van der Waals surface area (Å²) in [5.41, 5.74) is 1.18. The van der Waals surface area contributed by atoms with E-state index in [-0.39, 0.29) is 5.82 Å². The number of hydrogen-bond donors (Lipinski definition) is 0. The normalized spacial score (nSPS) is 18.2. The van der Waals surface area contributed by atoms with Crippen LogP contribution in [0, 0.1) is 5.82 Å². The minimum Gasteiger partial charge on any atom is -0.334 e. The van der Waals surface area contributed by atoms with Gasteiger partial charge in [-0.15, -0.1) is 0 Å². The Morgan fingerprint density at radius 1 is 1.13 bits per heavy atom. The Balaban J connectivity index is 1.54. The van der Waals surface area contributed by atoms with Gasteiger partial charge in [-0.1, -0.05) is 12.1 Å². The third kappa shape index (κ3) is 3.79. The molecule has 2 heterocycles. The Labute approximate surface area is 137 Å². The first-order valence-corrected chi connectivity index (χ1v) is 8.39. The molecule has 1 saturated heterocycles. The van der Waals surface area contributed by atoms with Crippen molar-refractivity contribution in [3.63, 3.8) is 0 Å². The molecule has 0 amide bonds. The Morgan fingerprint density at radius 2 is 1.83 bits per heavy atom. The third-order valence-corrected chi connectivity index (χ3v) is 4.81. The minimum atomic E-state index is -0.169. The molecule has 1 fully saturated rings.